The molecule has 32 heavy (non-hydrogen) atoms. The van der Waals surface area contributed by atoms with Crippen molar-refractivity contribution in [3.8, 4) is 0 Å². The van der Waals surface area contributed by atoms with Crippen molar-refractivity contribution in [2.45, 2.75) is 77.0 Å². The minimum atomic E-state index is 1.19. The number of hydrogen-bond acceptors (Lipinski definition) is 2. The van der Waals surface area contributed by atoms with Crippen molar-refractivity contribution in [1.82, 2.24) is 0 Å². The zero-order chi connectivity index (χ0) is 21.1. The zero-order valence-electron chi connectivity index (χ0n) is 20.3. The lowest BCUT2D eigenvalue weighted by atomic mass is 9.36. The van der Waals surface area contributed by atoms with Crippen molar-refractivity contribution >= 4 is 6.72 Å². The van der Waals surface area contributed by atoms with E-state index in [1.54, 1.807) is 77.0 Å². The maximum absolute atomic E-state index is 4.06. The molecule has 2 heteroatoms. The van der Waals surface area contributed by atoms with Gasteiger partial charge in [0, 0.05) is 6.72 Å². The van der Waals surface area contributed by atoms with Gasteiger partial charge in [0.25, 0.3) is 0 Å². The smallest absolute Gasteiger partial charge is 0.106 e. The summed E-state index contributed by atoms with van der Waals surface area (Å²) < 4.78 is 0. The first-order valence-corrected chi connectivity index (χ1v) is 14.7. The Morgan fingerprint density at radius 2 is 0.531 bits per heavy atom. The molecule has 176 valence electrons. The molecule has 14 aliphatic carbocycles. The lowest BCUT2D eigenvalue weighted by Crippen LogP contribution is -2.62. The van der Waals surface area contributed by atoms with Crippen LogP contribution in [0.1, 0.15) is 77.0 Å². The Kier molecular flexibility index (Phi) is 4.32. The second-order valence-electron chi connectivity index (χ2n) is 14.6. The van der Waals surface area contributed by atoms with Crippen LogP contribution in [0.2, 0.25) is 0 Å². The van der Waals surface area contributed by atoms with E-state index < -0.39 is 0 Å². The zero-order valence-corrected chi connectivity index (χ0v) is 20.3. The fraction of sp³-hybridized carbons (Fsp3) is 0.967. The molecule has 0 saturated heterocycles. The van der Waals surface area contributed by atoms with Gasteiger partial charge in [-0.2, -0.15) is 0 Å². The standard InChI is InChI=1S/2C14H20.C2H5NO/c2*1-7-2-12-10-4-8-5-11(9(1)10)13(3-7)14(12)6-8;1-3-4-2/h2*7-14H,1-6H2;1H2,2H3. The normalized spacial score (nSPS) is 63.7. The van der Waals surface area contributed by atoms with E-state index in [1.807, 2.05) is 0 Å². The highest BCUT2D eigenvalue weighted by Gasteiger charge is 2.64. The Morgan fingerprint density at radius 3 is 0.625 bits per heavy atom. The predicted octanol–water partition coefficient (Wildman–Crippen LogP) is 6.90. The Bertz CT molecular complexity index is 540. The molecule has 0 aromatic carbocycles. The fourth-order valence-corrected chi connectivity index (χ4v) is 13.8. The molecule has 14 rings (SSSR count). The quantitative estimate of drug-likeness (QED) is 0.324. The van der Waals surface area contributed by atoms with Gasteiger partial charge >= 0.3 is 0 Å². The number of rotatable bonds is 1. The molecule has 0 spiro atoms. The third kappa shape index (κ3) is 2.57. The topological polar surface area (TPSA) is 21.6 Å². The van der Waals surface area contributed by atoms with Crippen LogP contribution in [0, 0.1) is 94.7 Å². The first-order chi connectivity index (χ1) is 15.7. The summed E-state index contributed by atoms with van der Waals surface area (Å²) in [6.45, 7) is 3.01. The van der Waals surface area contributed by atoms with Gasteiger partial charge in [0.1, 0.15) is 7.11 Å². The van der Waals surface area contributed by atoms with E-state index in [4.69, 9.17) is 0 Å². The van der Waals surface area contributed by atoms with Crippen LogP contribution >= 0.6 is 0 Å². The van der Waals surface area contributed by atoms with Gasteiger partial charge in [0.2, 0.25) is 0 Å². The Balaban J connectivity index is 0.0000000913. The summed E-state index contributed by atoms with van der Waals surface area (Å²) in [4.78, 5) is 4.06. The average Bonchev–Trinajstić information content (AvgIpc) is 2.85. The first kappa shape index (κ1) is 19.7. The van der Waals surface area contributed by atoms with E-state index >= 15 is 0 Å². The van der Waals surface area contributed by atoms with E-state index in [0.717, 1.165) is 0 Å². The summed E-state index contributed by atoms with van der Waals surface area (Å²) in [7, 11) is 1.45. The lowest BCUT2D eigenvalue weighted by molar-refractivity contribution is -0.202. The summed E-state index contributed by atoms with van der Waals surface area (Å²) in [5.41, 5.74) is 0. The molecule has 0 aromatic rings. The third-order valence-corrected chi connectivity index (χ3v) is 14.0. The number of oxime groups is 1. The van der Waals surface area contributed by atoms with E-state index in [-0.39, 0.29) is 0 Å². The Labute approximate surface area is 195 Å². The second kappa shape index (κ2) is 7.00. The molecular weight excluding hydrogens is 390 g/mol. The van der Waals surface area contributed by atoms with Crippen molar-refractivity contribution in [3.63, 3.8) is 0 Å². The van der Waals surface area contributed by atoms with Crippen LogP contribution < -0.4 is 0 Å². The van der Waals surface area contributed by atoms with Gasteiger partial charge < -0.3 is 4.84 Å². The number of nitrogens with zero attached hydrogens (tertiary/aromatic N) is 1. The highest BCUT2D eigenvalue weighted by Crippen LogP contribution is 2.72. The van der Waals surface area contributed by atoms with Crippen molar-refractivity contribution in [1.29, 1.82) is 0 Å². The molecule has 0 amide bonds. The van der Waals surface area contributed by atoms with Crippen molar-refractivity contribution in [2.75, 3.05) is 7.11 Å². The predicted molar refractivity (Wildman–Crippen MR) is 128 cm³/mol. The molecule has 0 aromatic heterocycles. The molecule has 2 nitrogen and oxygen atoms in total. The van der Waals surface area contributed by atoms with Gasteiger partial charge in [-0.1, -0.05) is 0 Å². The van der Waals surface area contributed by atoms with Crippen LogP contribution in [0.25, 0.3) is 0 Å². The average molecular weight is 436 g/mol. The van der Waals surface area contributed by atoms with Gasteiger partial charge in [0.15, 0.2) is 0 Å². The maximum atomic E-state index is 4.06. The molecular formula is C30H45NO. The van der Waals surface area contributed by atoms with E-state index in [9.17, 15) is 0 Å². The van der Waals surface area contributed by atoms with Crippen LogP contribution in [0.4, 0.5) is 0 Å². The highest BCUT2D eigenvalue weighted by atomic mass is 16.6. The van der Waals surface area contributed by atoms with E-state index in [0.29, 0.717) is 0 Å². The Hall–Kier alpha value is -0.530. The van der Waals surface area contributed by atoms with Gasteiger partial charge in [-0.15, -0.1) is 5.16 Å². The molecule has 0 unspecified atom stereocenters. The molecule has 14 aliphatic rings. The molecule has 14 saturated carbocycles. The lowest BCUT2D eigenvalue weighted by Gasteiger charge is -2.69. The van der Waals surface area contributed by atoms with Gasteiger partial charge in [-0.05, 0) is 172 Å². The minimum absolute atomic E-state index is 1.19. The minimum Gasteiger partial charge on any atom is -0.400 e. The highest BCUT2D eigenvalue weighted by molar-refractivity contribution is 5.21. The van der Waals surface area contributed by atoms with E-state index in [2.05, 4.69) is 16.7 Å². The van der Waals surface area contributed by atoms with Gasteiger partial charge in [-0.3, -0.25) is 0 Å². The molecule has 0 atom stereocenters. The SMILES string of the molecule is C1C2CC3C4CC5CC(C14)C(C2)C3C5.C1C2CC3C4CC5CC(C14)C(C2)C3C5.C=NOC. The van der Waals surface area contributed by atoms with Gasteiger partial charge in [0.05, 0.1) is 0 Å². The molecule has 0 N–H and O–H groups in total. The van der Waals surface area contributed by atoms with Crippen LogP contribution in [-0.4, -0.2) is 13.8 Å². The fourth-order valence-electron chi connectivity index (χ4n) is 13.8. The molecule has 14 fully saturated rings. The largest absolute Gasteiger partial charge is 0.400 e. The first-order valence-electron chi connectivity index (χ1n) is 14.7. The van der Waals surface area contributed by atoms with E-state index in [1.165, 1.54) is 102 Å². The summed E-state index contributed by atoms with van der Waals surface area (Å²) in [6, 6.07) is 0. The number of hydrogen-bond donors (Lipinski definition) is 0. The summed E-state index contributed by atoms with van der Waals surface area (Å²) in [5.74, 6) is 19.5. The second-order valence-corrected chi connectivity index (χ2v) is 14.6. The van der Waals surface area contributed by atoms with Crippen LogP contribution in [-0.2, 0) is 4.84 Å². The van der Waals surface area contributed by atoms with Crippen LogP contribution in [0.15, 0.2) is 5.16 Å². The van der Waals surface area contributed by atoms with Crippen molar-refractivity contribution in [2.24, 2.45) is 99.8 Å². The van der Waals surface area contributed by atoms with Crippen LogP contribution in [0.3, 0.4) is 0 Å². The summed E-state index contributed by atoms with van der Waals surface area (Å²) in [5, 5.41) is 2.99. The summed E-state index contributed by atoms with van der Waals surface area (Å²) in [6.07, 6.45) is 19.9. The summed E-state index contributed by atoms with van der Waals surface area (Å²) >= 11 is 0. The molecule has 0 aliphatic heterocycles. The molecule has 0 heterocycles. The maximum Gasteiger partial charge on any atom is 0.106 e. The van der Waals surface area contributed by atoms with Gasteiger partial charge in [-0.25, -0.2) is 0 Å². The third-order valence-electron chi connectivity index (χ3n) is 14.0. The monoisotopic (exact) mass is 435 g/mol. The van der Waals surface area contributed by atoms with Crippen molar-refractivity contribution in [3.05, 3.63) is 0 Å². The molecule has 0 radical (unpaired) electrons. The van der Waals surface area contributed by atoms with Crippen LogP contribution in [0.5, 0.6) is 0 Å². The molecule has 16 bridgehead atoms. The Morgan fingerprint density at radius 1 is 0.406 bits per heavy atom. The van der Waals surface area contributed by atoms with Crippen molar-refractivity contribution < 1.29 is 4.84 Å².